The van der Waals surface area contributed by atoms with Gasteiger partial charge in [-0.05, 0) is 38.2 Å². The molecule has 1 fully saturated rings. The van der Waals surface area contributed by atoms with Gasteiger partial charge in [-0.25, -0.2) is 4.99 Å². The third kappa shape index (κ3) is 6.78. The molecule has 0 bridgehead atoms. The summed E-state index contributed by atoms with van der Waals surface area (Å²) in [5, 5.41) is 9.65. The number of aliphatic imine (C=N–C) groups is 1. The molecule has 5 nitrogen and oxygen atoms in total. The molecule has 2 rings (SSSR count). The molecule has 1 aliphatic carbocycles. The lowest BCUT2D eigenvalue weighted by atomic mass is 9.76. The molecule has 1 amide bonds. The van der Waals surface area contributed by atoms with E-state index < -0.39 is 0 Å². The molecule has 146 valence electrons. The summed E-state index contributed by atoms with van der Waals surface area (Å²) in [7, 11) is 0. The zero-order valence-corrected chi connectivity index (χ0v) is 18.5. The normalized spacial score (nSPS) is 14.3. The van der Waals surface area contributed by atoms with Crippen molar-refractivity contribution in [2.75, 3.05) is 19.6 Å². The van der Waals surface area contributed by atoms with Crippen LogP contribution in [0.4, 0.5) is 0 Å². The van der Waals surface area contributed by atoms with Gasteiger partial charge in [0.2, 0.25) is 5.91 Å². The zero-order valence-electron chi connectivity index (χ0n) is 16.2. The Kier molecular flexibility index (Phi) is 9.98. The van der Waals surface area contributed by atoms with Crippen molar-refractivity contribution in [2.24, 2.45) is 4.99 Å². The minimum absolute atomic E-state index is 0. The molecule has 0 aromatic heterocycles. The molecular formula is C20H33IN4O. The molecule has 1 aromatic carbocycles. The molecule has 6 heteroatoms. The number of halogens is 1. The lowest BCUT2D eigenvalue weighted by Gasteiger charge is -2.33. The highest BCUT2D eigenvalue weighted by Crippen LogP contribution is 2.30. The van der Waals surface area contributed by atoms with Crippen LogP contribution in [0, 0.1) is 0 Å². The van der Waals surface area contributed by atoms with Gasteiger partial charge in [-0.1, -0.05) is 44.2 Å². The highest BCUT2D eigenvalue weighted by atomic mass is 127. The average Bonchev–Trinajstić information content (AvgIpc) is 3.45. The molecule has 1 aromatic rings. The van der Waals surface area contributed by atoms with E-state index in [0.29, 0.717) is 12.0 Å². The fourth-order valence-electron chi connectivity index (χ4n) is 3.05. The van der Waals surface area contributed by atoms with Crippen LogP contribution in [0.1, 0.15) is 52.0 Å². The van der Waals surface area contributed by atoms with Gasteiger partial charge < -0.3 is 16.0 Å². The second-order valence-corrected chi connectivity index (χ2v) is 6.74. The van der Waals surface area contributed by atoms with E-state index in [0.717, 1.165) is 38.8 Å². The summed E-state index contributed by atoms with van der Waals surface area (Å²) in [5.74, 6) is 0.704. The number of nitrogens with one attached hydrogen (secondary N) is 3. The van der Waals surface area contributed by atoms with Crippen LogP contribution < -0.4 is 16.0 Å². The predicted octanol–water partition coefficient (Wildman–Crippen LogP) is 3.20. The van der Waals surface area contributed by atoms with Crippen molar-refractivity contribution in [2.45, 2.75) is 57.9 Å². The predicted molar refractivity (Wildman–Crippen MR) is 119 cm³/mol. The van der Waals surface area contributed by atoms with E-state index >= 15 is 0 Å². The third-order valence-electron chi connectivity index (χ3n) is 5.00. The minimum atomic E-state index is 0. The van der Waals surface area contributed by atoms with Gasteiger partial charge in [-0.2, -0.15) is 0 Å². The Hall–Kier alpha value is -1.31. The molecule has 0 aliphatic heterocycles. The molecule has 1 aliphatic rings. The average molecular weight is 472 g/mol. The van der Waals surface area contributed by atoms with E-state index in [2.05, 4.69) is 65.1 Å². The number of nitrogens with zero attached hydrogens (tertiary/aromatic N) is 1. The number of hydrogen-bond acceptors (Lipinski definition) is 2. The summed E-state index contributed by atoms with van der Waals surface area (Å²) in [6, 6.07) is 11.0. The molecule has 0 spiro atoms. The molecular weight excluding hydrogens is 439 g/mol. The summed E-state index contributed by atoms with van der Waals surface area (Å²) in [4.78, 5) is 16.3. The molecule has 0 saturated heterocycles. The third-order valence-corrected chi connectivity index (χ3v) is 5.00. The van der Waals surface area contributed by atoms with Gasteiger partial charge in [0.05, 0.1) is 0 Å². The van der Waals surface area contributed by atoms with E-state index in [1.807, 2.05) is 6.92 Å². The van der Waals surface area contributed by atoms with Gasteiger partial charge in [0.25, 0.3) is 0 Å². The van der Waals surface area contributed by atoms with Crippen LogP contribution in [0.5, 0.6) is 0 Å². The Balaban J connectivity index is 0.00000338. The van der Waals surface area contributed by atoms with Crippen LogP contribution in [-0.4, -0.2) is 37.5 Å². The van der Waals surface area contributed by atoms with Gasteiger partial charge in [0, 0.05) is 24.5 Å². The van der Waals surface area contributed by atoms with Crippen LogP contribution in [0.3, 0.4) is 0 Å². The summed E-state index contributed by atoms with van der Waals surface area (Å²) in [5.41, 5.74) is 1.41. The fourth-order valence-corrected chi connectivity index (χ4v) is 3.05. The molecule has 0 unspecified atom stereocenters. The van der Waals surface area contributed by atoms with Crippen LogP contribution in [0.25, 0.3) is 0 Å². The van der Waals surface area contributed by atoms with Gasteiger partial charge >= 0.3 is 0 Å². The van der Waals surface area contributed by atoms with E-state index in [4.69, 9.17) is 0 Å². The molecule has 3 N–H and O–H groups in total. The van der Waals surface area contributed by atoms with E-state index in [-0.39, 0.29) is 41.8 Å². The summed E-state index contributed by atoms with van der Waals surface area (Å²) < 4.78 is 0. The molecule has 26 heavy (non-hydrogen) atoms. The fraction of sp³-hybridized carbons (Fsp3) is 0.600. The number of carbonyl (C=O) groups is 1. The smallest absolute Gasteiger partial charge is 0.242 e. The van der Waals surface area contributed by atoms with Crippen molar-refractivity contribution < 1.29 is 4.79 Å². The standard InChI is InChI=1S/C20H32N4O.HI/c1-4-20(5-2,16-10-8-7-9-11-16)15-23-19(21-6-3)22-14-18(25)24-17-12-13-17;/h7-11,17H,4-6,12-15H2,1-3H3,(H,24,25)(H2,21,22,23);1H. The maximum absolute atomic E-state index is 11.9. The van der Waals surface area contributed by atoms with E-state index in [1.54, 1.807) is 0 Å². The largest absolute Gasteiger partial charge is 0.357 e. The number of amides is 1. The van der Waals surface area contributed by atoms with Crippen molar-refractivity contribution in [1.29, 1.82) is 0 Å². The lowest BCUT2D eigenvalue weighted by Crippen LogP contribution is -2.45. The highest BCUT2D eigenvalue weighted by Gasteiger charge is 2.28. The van der Waals surface area contributed by atoms with Crippen LogP contribution in [-0.2, 0) is 10.2 Å². The summed E-state index contributed by atoms with van der Waals surface area (Å²) >= 11 is 0. The Labute approximate surface area is 174 Å². The first-order valence-corrected chi connectivity index (χ1v) is 9.50. The van der Waals surface area contributed by atoms with Crippen LogP contribution in [0.15, 0.2) is 35.3 Å². The second-order valence-electron chi connectivity index (χ2n) is 6.74. The maximum atomic E-state index is 11.9. The number of hydrogen-bond donors (Lipinski definition) is 3. The van der Waals surface area contributed by atoms with Crippen LogP contribution in [0.2, 0.25) is 0 Å². The second kappa shape index (κ2) is 11.4. The van der Waals surface area contributed by atoms with Crippen LogP contribution >= 0.6 is 24.0 Å². The lowest BCUT2D eigenvalue weighted by molar-refractivity contribution is -0.119. The monoisotopic (exact) mass is 472 g/mol. The first-order valence-electron chi connectivity index (χ1n) is 9.50. The number of rotatable bonds is 9. The van der Waals surface area contributed by atoms with Crippen molar-refractivity contribution in [3.63, 3.8) is 0 Å². The minimum Gasteiger partial charge on any atom is -0.357 e. The SMILES string of the molecule is CCNC(=NCC(=O)NC1CC1)NCC(CC)(CC)c1ccccc1.I. The Morgan fingerprint density at radius 2 is 1.77 bits per heavy atom. The maximum Gasteiger partial charge on any atom is 0.242 e. The number of carbonyl (C=O) groups excluding carboxylic acids is 1. The van der Waals surface area contributed by atoms with Crippen molar-refractivity contribution in [3.8, 4) is 0 Å². The van der Waals surface area contributed by atoms with Gasteiger partial charge in [-0.3, -0.25) is 4.79 Å². The van der Waals surface area contributed by atoms with Gasteiger partial charge in [-0.15, -0.1) is 24.0 Å². The Morgan fingerprint density at radius 1 is 1.12 bits per heavy atom. The number of benzene rings is 1. The first-order chi connectivity index (χ1) is 12.1. The highest BCUT2D eigenvalue weighted by molar-refractivity contribution is 14.0. The topological polar surface area (TPSA) is 65.5 Å². The number of guanidine groups is 1. The Bertz CT molecular complexity index is 568. The van der Waals surface area contributed by atoms with E-state index in [9.17, 15) is 4.79 Å². The van der Waals surface area contributed by atoms with Crippen molar-refractivity contribution in [1.82, 2.24) is 16.0 Å². The first kappa shape index (κ1) is 22.7. The van der Waals surface area contributed by atoms with Crippen molar-refractivity contribution >= 4 is 35.8 Å². The van der Waals surface area contributed by atoms with Gasteiger partial charge in [0.1, 0.15) is 6.54 Å². The molecule has 0 radical (unpaired) electrons. The Morgan fingerprint density at radius 3 is 2.31 bits per heavy atom. The van der Waals surface area contributed by atoms with Crippen molar-refractivity contribution in [3.05, 3.63) is 35.9 Å². The zero-order chi connectivity index (χ0) is 18.1. The van der Waals surface area contributed by atoms with Gasteiger partial charge in [0.15, 0.2) is 5.96 Å². The molecule has 0 heterocycles. The molecule has 1 saturated carbocycles. The summed E-state index contributed by atoms with van der Waals surface area (Å²) in [6.45, 7) is 8.22. The quantitative estimate of drug-likeness (QED) is 0.294. The molecule has 0 atom stereocenters. The summed E-state index contributed by atoms with van der Waals surface area (Å²) in [6.07, 6.45) is 4.28. The van der Waals surface area contributed by atoms with E-state index in [1.165, 1.54) is 5.56 Å².